The summed E-state index contributed by atoms with van der Waals surface area (Å²) in [4.78, 5) is 3.52. The molecule has 0 spiro atoms. The summed E-state index contributed by atoms with van der Waals surface area (Å²) in [6.45, 7) is 5.06. The van der Waals surface area contributed by atoms with Crippen LogP contribution in [0.15, 0.2) is 35.7 Å². The van der Waals surface area contributed by atoms with E-state index in [1.54, 1.807) is 17.4 Å². The van der Waals surface area contributed by atoms with Gasteiger partial charge in [0.2, 0.25) is 0 Å². The van der Waals surface area contributed by atoms with E-state index in [1.807, 2.05) is 18.2 Å². The van der Waals surface area contributed by atoms with Crippen LogP contribution in [0.4, 0.5) is 5.69 Å². The molecular weight excluding hydrogens is 290 g/mol. The Hall–Kier alpha value is -1.52. The molecule has 0 atom stereocenters. The zero-order valence-electron chi connectivity index (χ0n) is 11.6. The fourth-order valence-electron chi connectivity index (χ4n) is 2.09. The number of benzene rings is 1. The summed E-state index contributed by atoms with van der Waals surface area (Å²) in [5, 5.41) is 10.4. The van der Waals surface area contributed by atoms with Gasteiger partial charge in [0.25, 0.3) is 0 Å². The van der Waals surface area contributed by atoms with Gasteiger partial charge in [0.05, 0.1) is 6.54 Å². The Morgan fingerprint density at radius 3 is 2.70 bits per heavy atom. The van der Waals surface area contributed by atoms with Crippen LogP contribution >= 0.6 is 22.9 Å². The SMILES string of the molecule is CC(C)N(Cc1cccs1)c1ccc(Cl)cc1C(=N)N. The number of anilines is 1. The Morgan fingerprint density at radius 2 is 2.15 bits per heavy atom. The van der Waals surface area contributed by atoms with Crippen LogP contribution in [-0.2, 0) is 6.54 Å². The van der Waals surface area contributed by atoms with Gasteiger partial charge in [0.1, 0.15) is 5.84 Å². The Labute approximate surface area is 128 Å². The van der Waals surface area contributed by atoms with Crippen molar-refractivity contribution in [3.05, 3.63) is 51.2 Å². The number of nitrogens with one attached hydrogen (secondary N) is 1. The lowest BCUT2D eigenvalue weighted by Gasteiger charge is -2.30. The summed E-state index contributed by atoms with van der Waals surface area (Å²) < 4.78 is 0. The van der Waals surface area contributed by atoms with Gasteiger partial charge in [-0.1, -0.05) is 17.7 Å². The van der Waals surface area contributed by atoms with E-state index in [-0.39, 0.29) is 5.84 Å². The largest absolute Gasteiger partial charge is 0.384 e. The number of hydrogen-bond acceptors (Lipinski definition) is 3. The number of thiophene rings is 1. The fourth-order valence-corrected chi connectivity index (χ4v) is 2.97. The van der Waals surface area contributed by atoms with Gasteiger partial charge < -0.3 is 10.6 Å². The molecule has 3 nitrogen and oxygen atoms in total. The molecule has 0 fully saturated rings. The molecule has 2 rings (SSSR count). The maximum atomic E-state index is 7.75. The van der Waals surface area contributed by atoms with Crippen LogP contribution < -0.4 is 10.6 Å². The molecule has 2 aromatic rings. The topological polar surface area (TPSA) is 53.1 Å². The predicted molar refractivity (Wildman–Crippen MR) is 88.1 cm³/mol. The summed E-state index contributed by atoms with van der Waals surface area (Å²) in [6.07, 6.45) is 0. The van der Waals surface area contributed by atoms with Gasteiger partial charge in [-0.3, -0.25) is 5.41 Å². The van der Waals surface area contributed by atoms with Crippen LogP contribution in [0.5, 0.6) is 0 Å². The van der Waals surface area contributed by atoms with Crippen molar-refractivity contribution in [2.24, 2.45) is 5.73 Å². The molecular formula is C15H18ClN3S. The van der Waals surface area contributed by atoms with E-state index < -0.39 is 0 Å². The van der Waals surface area contributed by atoms with Gasteiger partial charge in [-0.05, 0) is 43.5 Å². The Balaban J connectivity index is 2.41. The molecule has 0 bridgehead atoms. The zero-order valence-corrected chi connectivity index (χ0v) is 13.1. The van der Waals surface area contributed by atoms with Gasteiger partial charge in [0.15, 0.2) is 0 Å². The number of amidine groups is 1. The summed E-state index contributed by atoms with van der Waals surface area (Å²) in [7, 11) is 0. The van der Waals surface area contributed by atoms with Gasteiger partial charge in [-0.15, -0.1) is 11.3 Å². The highest BCUT2D eigenvalue weighted by atomic mass is 35.5. The van der Waals surface area contributed by atoms with E-state index >= 15 is 0 Å². The number of hydrogen-bond donors (Lipinski definition) is 2. The third kappa shape index (κ3) is 3.32. The normalized spacial score (nSPS) is 10.8. The van der Waals surface area contributed by atoms with Crippen LogP contribution in [0.1, 0.15) is 24.3 Å². The number of nitrogen functional groups attached to an aromatic ring is 1. The average molecular weight is 308 g/mol. The number of halogens is 1. The van der Waals surface area contributed by atoms with Crippen LogP contribution in [0.2, 0.25) is 5.02 Å². The molecule has 0 saturated heterocycles. The smallest absolute Gasteiger partial charge is 0.124 e. The quantitative estimate of drug-likeness (QED) is 0.645. The maximum absolute atomic E-state index is 7.75. The molecule has 5 heteroatoms. The van der Waals surface area contributed by atoms with Crippen molar-refractivity contribution in [3.63, 3.8) is 0 Å². The van der Waals surface area contributed by atoms with Gasteiger partial charge in [-0.2, -0.15) is 0 Å². The third-order valence-electron chi connectivity index (χ3n) is 3.09. The summed E-state index contributed by atoms with van der Waals surface area (Å²) in [6, 6.07) is 10.00. The number of nitrogens with two attached hydrogens (primary N) is 1. The second-order valence-corrected chi connectivity index (χ2v) is 6.34. The van der Waals surface area contributed by atoms with Crippen LogP contribution in [0.25, 0.3) is 0 Å². The van der Waals surface area contributed by atoms with E-state index in [0.717, 1.165) is 12.2 Å². The molecule has 0 radical (unpaired) electrons. The van der Waals surface area contributed by atoms with Crippen molar-refractivity contribution in [3.8, 4) is 0 Å². The minimum atomic E-state index is 0.0410. The van der Waals surface area contributed by atoms with E-state index in [0.29, 0.717) is 16.6 Å². The molecule has 0 aliphatic carbocycles. The maximum Gasteiger partial charge on any atom is 0.124 e. The lowest BCUT2D eigenvalue weighted by Crippen LogP contribution is -2.32. The van der Waals surface area contributed by atoms with Gasteiger partial charge in [-0.25, -0.2) is 0 Å². The Bertz CT molecular complexity index is 593. The molecule has 0 unspecified atom stereocenters. The first-order valence-corrected chi connectivity index (χ1v) is 7.67. The van der Waals surface area contributed by atoms with E-state index in [9.17, 15) is 0 Å². The van der Waals surface area contributed by atoms with Crippen molar-refractivity contribution < 1.29 is 0 Å². The fraction of sp³-hybridized carbons (Fsp3) is 0.267. The Kier molecular flexibility index (Phi) is 4.68. The summed E-state index contributed by atoms with van der Waals surface area (Å²) in [5.74, 6) is 0.0410. The zero-order chi connectivity index (χ0) is 14.7. The molecule has 3 N–H and O–H groups in total. The first kappa shape index (κ1) is 14.9. The van der Waals surface area contributed by atoms with Crippen molar-refractivity contribution in [1.29, 1.82) is 5.41 Å². The highest BCUT2D eigenvalue weighted by molar-refractivity contribution is 7.09. The first-order chi connectivity index (χ1) is 9.49. The molecule has 106 valence electrons. The molecule has 0 saturated carbocycles. The third-order valence-corrected chi connectivity index (χ3v) is 4.18. The van der Waals surface area contributed by atoms with Crippen LogP contribution in [0.3, 0.4) is 0 Å². The standard InChI is InChI=1S/C15H18ClN3S/c1-10(2)19(9-12-4-3-7-20-12)14-6-5-11(16)8-13(14)15(17)18/h3-8,10H,9H2,1-2H3,(H3,17,18). The van der Waals surface area contributed by atoms with Crippen molar-refractivity contribution >= 4 is 34.5 Å². The molecule has 1 aromatic carbocycles. The van der Waals surface area contributed by atoms with Crippen molar-refractivity contribution in [1.82, 2.24) is 0 Å². The van der Waals surface area contributed by atoms with E-state index in [2.05, 4.69) is 30.2 Å². The van der Waals surface area contributed by atoms with Crippen molar-refractivity contribution in [2.45, 2.75) is 26.4 Å². The highest BCUT2D eigenvalue weighted by Gasteiger charge is 2.17. The highest BCUT2D eigenvalue weighted by Crippen LogP contribution is 2.28. The molecule has 1 heterocycles. The molecule has 1 aromatic heterocycles. The minimum Gasteiger partial charge on any atom is -0.384 e. The van der Waals surface area contributed by atoms with E-state index in [4.69, 9.17) is 22.7 Å². The predicted octanol–water partition coefficient (Wildman–Crippen LogP) is 4.10. The molecule has 0 aliphatic heterocycles. The first-order valence-electron chi connectivity index (χ1n) is 6.42. The summed E-state index contributed by atoms with van der Waals surface area (Å²) in [5.41, 5.74) is 7.33. The second kappa shape index (κ2) is 6.29. The lowest BCUT2D eigenvalue weighted by atomic mass is 10.1. The van der Waals surface area contributed by atoms with Crippen LogP contribution in [-0.4, -0.2) is 11.9 Å². The van der Waals surface area contributed by atoms with E-state index in [1.165, 1.54) is 4.88 Å². The average Bonchev–Trinajstić information content (AvgIpc) is 2.89. The Morgan fingerprint density at radius 1 is 1.40 bits per heavy atom. The number of nitrogens with zero attached hydrogens (tertiary/aromatic N) is 1. The van der Waals surface area contributed by atoms with Crippen LogP contribution in [0, 0.1) is 5.41 Å². The van der Waals surface area contributed by atoms with Crippen molar-refractivity contribution in [2.75, 3.05) is 4.90 Å². The minimum absolute atomic E-state index is 0.0410. The second-order valence-electron chi connectivity index (χ2n) is 4.88. The molecule has 20 heavy (non-hydrogen) atoms. The summed E-state index contributed by atoms with van der Waals surface area (Å²) >= 11 is 7.75. The lowest BCUT2D eigenvalue weighted by molar-refractivity contribution is 0.686. The molecule has 0 amide bonds. The monoisotopic (exact) mass is 307 g/mol. The molecule has 0 aliphatic rings. The number of rotatable bonds is 5. The van der Waals surface area contributed by atoms with Gasteiger partial charge >= 0.3 is 0 Å². The van der Waals surface area contributed by atoms with Gasteiger partial charge in [0, 0.05) is 27.2 Å².